The van der Waals surface area contributed by atoms with Crippen molar-refractivity contribution >= 4 is 17.8 Å². The molecule has 0 amide bonds. The Morgan fingerprint density at radius 2 is 1.57 bits per heavy atom. The molecule has 152 valence electrons. The van der Waals surface area contributed by atoms with Crippen LogP contribution in [0.2, 0.25) is 0 Å². The number of hydrogen-bond donors (Lipinski definition) is 0. The van der Waals surface area contributed by atoms with E-state index in [2.05, 4.69) is 0 Å². The normalized spacial score (nSPS) is 10.6. The molecule has 0 atom stereocenters. The van der Waals surface area contributed by atoms with E-state index in [9.17, 15) is 14.0 Å². The summed E-state index contributed by atoms with van der Waals surface area (Å²) in [6.45, 7) is 0. The molecule has 3 aromatic rings. The first-order valence-electron chi connectivity index (χ1n) is 9.03. The summed E-state index contributed by atoms with van der Waals surface area (Å²) in [6, 6.07) is 16.9. The van der Waals surface area contributed by atoms with E-state index in [1.165, 1.54) is 55.7 Å². The summed E-state index contributed by atoms with van der Waals surface area (Å²) in [5.74, 6) is -0.267. The Bertz CT molecular complexity index is 1090. The average molecular weight is 406 g/mol. The third-order valence-electron chi connectivity index (χ3n) is 4.30. The largest absolute Gasteiger partial charge is 0.497 e. The summed E-state index contributed by atoms with van der Waals surface area (Å²) >= 11 is 0. The van der Waals surface area contributed by atoms with Gasteiger partial charge in [-0.2, -0.15) is 0 Å². The number of ketones is 1. The van der Waals surface area contributed by atoms with Crippen LogP contribution in [0.3, 0.4) is 0 Å². The first-order valence-corrected chi connectivity index (χ1v) is 9.03. The van der Waals surface area contributed by atoms with Gasteiger partial charge in [-0.25, -0.2) is 9.18 Å². The number of esters is 1. The fourth-order valence-corrected chi connectivity index (χ4v) is 2.69. The van der Waals surface area contributed by atoms with Crippen LogP contribution in [0, 0.1) is 5.82 Å². The van der Waals surface area contributed by atoms with Crippen molar-refractivity contribution in [3.05, 3.63) is 95.3 Å². The minimum Gasteiger partial charge on any atom is -0.497 e. The van der Waals surface area contributed by atoms with Gasteiger partial charge in [-0.3, -0.25) is 4.79 Å². The first-order chi connectivity index (χ1) is 14.5. The molecule has 0 spiro atoms. The number of ether oxygens (including phenoxy) is 3. The fourth-order valence-electron chi connectivity index (χ4n) is 2.69. The molecule has 3 rings (SSSR count). The summed E-state index contributed by atoms with van der Waals surface area (Å²) in [5, 5.41) is 0. The van der Waals surface area contributed by atoms with Crippen LogP contribution >= 0.6 is 0 Å². The van der Waals surface area contributed by atoms with Crippen molar-refractivity contribution in [1.29, 1.82) is 0 Å². The number of carbonyl (C=O) groups excluding carboxylic acids is 2. The second-order valence-corrected chi connectivity index (χ2v) is 6.20. The lowest BCUT2D eigenvalue weighted by atomic mass is 10.1. The Morgan fingerprint density at radius 3 is 2.23 bits per heavy atom. The standard InChI is InChI=1S/C24H19FO5/c1-28-19-13-9-17(23(15-19)29-2)10-14-22(26)16-7-11-18(12-8-16)30-24(27)20-5-3-4-6-21(20)25/h3-15H,1-2H3/b14-10+. The predicted molar refractivity (Wildman–Crippen MR) is 111 cm³/mol. The minimum atomic E-state index is -0.807. The molecule has 0 aliphatic carbocycles. The van der Waals surface area contributed by atoms with Crippen molar-refractivity contribution in [1.82, 2.24) is 0 Å². The summed E-state index contributed by atoms with van der Waals surface area (Å²) < 4.78 is 29.3. The molecule has 3 aromatic carbocycles. The zero-order valence-electron chi connectivity index (χ0n) is 16.4. The van der Waals surface area contributed by atoms with E-state index >= 15 is 0 Å². The second-order valence-electron chi connectivity index (χ2n) is 6.20. The monoisotopic (exact) mass is 406 g/mol. The van der Waals surface area contributed by atoms with Crippen LogP contribution < -0.4 is 14.2 Å². The van der Waals surface area contributed by atoms with E-state index in [-0.39, 0.29) is 17.1 Å². The topological polar surface area (TPSA) is 61.8 Å². The van der Waals surface area contributed by atoms with Crippen LogP contribution in [0.4, 0.5) is 4.39 Å². The Morgan fingerprint density at radius 1 is 0.867 bits per heavy atom. The van der Waals surface area contributed by atoms with Gasteiger partial charge in [0.15, 0.2) is 5.78 Å². The van der Waals surface area contributed by atoms with E-state index in [1.54, 1.807) is 37.5 Å². The van der Waals surface area contributed by atoms with Crippen molar-refractivity contribution in [2.24, 2.45) is 0 Å². The number of benzene rings is 3. The van der Waals surface area contributed by atoms with Crippen LogP contribution in [0.15, 0.2) is 72.8 Å². The van der Waals surface area contributed by atoms with Gasteiger partial charge in [-0.15, -0.1) is 0 Å². The zero-order chi connectivity index (χ0) is 21.5. The summed E-state index contributed by atoms with van der Waals surface area (Å²) in [6.07, 6.45) is 3.07. The molecule has 0 N–H and O–H groups in total. The Labute approximate surface area is 173 Å². The summed E-state index contributed by atoms with van der Waals surface area (Å²) in [4.78, 5) is 24.5. The zero-order valence-corrected chi connectivity index (χ0v) is 16.4. The highest BCUT2D eigenvalue weighted by atomic mass is 19.1. The van der Waals surface area contributed by atoms with Crippen LogP contribution in [-0.2, 0) is 0 Å². The van der Waals surface area contributed by atoms with Crippen molar-refractivity contribution in [3.63, 3.8) is 0 Å². The Balaban J connectivity index is 1.69. The van der Waals surface area contributed by atoms with Crippen LogP contribution in [0.5, 0.6) is 17.2 Å². The van der Waals surface area contributed by atoms with Crippen LogP contribution in [0.25, 0.3) is 6.08 Å². The third kappa shape index (κ3) is 4.91. The van der Waals surface area contributed by atoms with Gasteiger partial charge in [-0.05, 0) is 60.7 Å². The molecule has 0 fully saturated rings. The van der Waals surface area contributed by atoms with Crippen molar-refractivity contribution < 1.29 is 28.2 Å². The lowest BCUT2D eigenvalue weighted by molar-refractivity contribution is 0.0730. The maximum Gasteiger partial charge on any atom is 0.346 e. The van der Waals surface area contributed by atoms with Gasteiger partial charge in [0.05, 0.1) is 19.8 Å². The number of carbonyl (C=O) groups is 2. The minimum absolute atomic E-state index is 0.158. The van der Waals surface area contributed by atoms with Gasteiger partial charge in [0.1, 0.15) is 23.1 Å². The molecule has 0 saturated heterocycles. The lowest BCUT2D eigenvalue weighted by Crippen LogP contribution is -2.10. The molecule has 0 unspecified atom stereocenters. The molecule has 0 aliphatic rings. The average Bonchev–Trinajstić information content (AvgIpc) is 2.78. The van der Waals surface area contributed by atoms with E-state index in [1.807, 2.05) is 0 Å². The highest BCUT2D eigenvalue weighted by molar-refractivity contribution is 6.07. The van der Waals surface area contributed by atoms with Crippen molar-refractivity contribution in [2.45, 2.75) is 0 Å². The molecule has 0 aromatic heterocycles. The number of methoxy groups -OCH3 is 2. The molecule has 0 aliphatic heterocycles. The highest BCUT2D eigenvalue weighted by Crippen LogP contribution is 2.26. The Hall–Kier alpha value is -3.93. The summed E-state index contributed by atoms with van der Waals surface area (Å²) in [7, 11) is 3.10. The van der Waals surface area contributed by atoms with Crippen LogP contribution in [-0.4, -0.2) is 26.0 Å². The number of halogens is 1. The molecule has 0 bridgehead atoms. The van der Waals surface area contributed by atoms with E-state index in [4.69, 9.17) is 14.2 Å². The maximum atomic E-state index is 13.7. The molecule has 6 heteroatoms. The number of rotatable bonds is 7. The van der Waals surface area contributed by atoms with E-state index in [0.717, 1.165) is 5.56 Å². The van der Waals surface area contributed by atoms with E-state index < -0.39 is 11.8 Å². The molecule has 30 heavy (non-hydrogen) atoms. The Kier molecular flexibility index (Phi) is 6.60. The third-order valence-corrected chi connectivity index (χ3v) is 4.30. The summed E-state index contributed by atoms with van der Waals surface area (Å²) in [5.41, 5.74) is 0.973. The fraction of sp³-hybridized carbons (Fsp3) is 0.0833. The lowest BCUT2D eigenvalue weighted by Gasteiger charge is -2.07. The van der Waals surface area contributed by atoms with Gasteiger partial charge in [0, 0.05) is 17.2 Å². The molecular weight excluding hydrogens is 387 g/mol. The van der Waals surface area contributed by atoms with Gasteiger partial charge >= 0.3 is 5.97 Å². The first kappa shape index (κ1) is 20.8. The van der Waals surface area contributed by atoms with E-state index in [0.29, 0.717) is 17.1 Å². The molecule has 0 radical (unpaired) electrons. The molecule has 5 nitrogen and oxygen atoms in total. The molecule has 0 heterocycles. The smallest absolute Gasteiger partial charge is 0.346 e. The van der Waals surface area contributed by atoms with Crippen LogP contribution in [0.1, 0.15) is 26.3 Å². The molecule has 0 saturated carbocycles. The maximum absolute atomic E-state index is 13.7. The van der Waals surface area contributed by atoms with Gasteiger partial charge in [0.25, 0.3) is 0 Å². The van der Waals surface area contributed by atoms with Gasteiger partial charge in [0.2, 0.25) is 0 Å². The predicted octanol–water partition coefficient (Wildman–Crippen LogP) is 4.96. The molecular formula is C24H19FO5. The highest BCUT2D eigenvalue weighted by Gasteiger charge is 2.13. The van der Waals surface area contributed by atoms with Crippen molar-refractivity contribution in [2.75, 3.05) is 14.2 Å². The SMILES string of the molecule is COc1ccc(/C=C/C(=O)c2ccc(OC(=O)c3ccccc3F)cc2)c(OC)c1. The van der Waals surface area contributed by atoms with Gasteiger partial charge in [-0.1, -0.05) is 12.1 Å². The quantitative estimate of drug-likeness (QED) is 0.240. The van der Waals surface area contributed by atoms with Crippen molar-refractivity contribution in [3.8, 4) is 17.2 Å². The number of allylic oxidation sites excluding steroid dienone is 1. The second kappa shape index (κ2) is 9.52. The number of hydrogen-bond acceptors (Lipinski definition) is 5. The van der Waals surface area contributed by atoms with Gasteiger partial charge < -0.3 is 14.2 Å².